The molecular formula is C14H18ClN3OS. The number of nitrogens with two attached hydrogens (primary N) is 1. The van der Waals surface area contributed by atoms with Gasteiger partial charge in [-0.3, -0.25) is 4.79 Å². The fourth-order valence-electron chi connectivity index (χ4n) is 1.61. The SMILES string of the molecule is C[C@H](N)C(=O)NCCc1csc(-c2ccccc2)n1.Cl. The first-order valence-corrected chi connectivity index (χ1v) is 7.08. The van der Waals surface area contributed by atoms with Crippen LogP contribution in [0.1, 0.15) is 12.6 Å². The van der Waals surface area contributed by atoms with Crippen molar-refractivity contribution in [2.75, 3.05) is 6.54 Å². The molecule has 2 aromatic rings. The number of halogens is 1. The predicted octanol–water partition coefficient (Wildman–Crippen LogP) is 2.24. The molecule has 1 aromatic heterocycles. The van der Waals surface area contributed by atoms with Crippen LogP contribution in [0.25, 0.3) is 10.6 Å². The zero-order chi connectivity index (χ0) is 13.7. The molecule has 6 heteroatoms. The van der Waals surface area contributed by atoms with Crippen LogP contribution in [0.2, 0.25) is 0 Å². The quantitative estimate of drug-likeness (QED) is 0.890. The van der Waals surface area contributed by atoms with E-state index in [4.69, 9.17) is 5.73 Å². The molecular weight excluding hydrogens is 294 g/mol. The molecule has 0 aliphatic carbocycles. The Bertz CT molecular complexity index is 542. The Morgan fingerprint density at radius 2 is 2.10 bits per heavy atom. The van der Waals surface area contributed by atoms with Gasteiger partial charge in [-0.2, -0.15) is 0 Å². The van der Waals surface area contributed by atoms with Crippen molar-refractivity contribution in [1.82, 2.24) is 10.3 Å². The minimum Gasteiger partial charge on any atom is -0.354 e. The van der Waals surface area contributed by atoms with Gasteiger partial charge in [0.05, 0.1) is 11.7 Å². The van der Waals surface area contributed by atoms with Crippen molar-refractivity contribution in [2.24, 2.45) is 5.73 Å². The van der Waals surface area contributed by atoms with Gasteiger partial charge in [0.15, 0.2) is 0 Å². The fourth-order valence-corrected chi connectivity index (χ4v) is 2.47. The van der Waals surface area contributed by atoms with Crippen LogP contribution in [0.4, 0.5) is 0 Å². The summed E-state index contributed by atoms with van der Waals surface area (Å²) in [5.74, 6) is -0.126. The summed E-state index contributed by atoms with van der Waals surface area (Å²) in [5, 5.41) is 5.82. The van der Waals surface area contributed by atoms with E-state index in [-0.39, 0.29) is 18.3 Å². The highest BCUT2D eigenvalue weighted by atomic mass is 35.5. The average Bonchev–Trinajstić information content (AvgIpc) is 2.88. The molecule has 0 unspecified atom stereocenters. The monoisotopic (exact) mass is 311 g/mol. The molecule has 0 saturated carbocycles. The van der Waals surface area contributed by atoms with Crippen molar-refractivity contribution < 1.29 is 4.79 Å². The van der Waals surface area contributed by atoms with E-state index in [0.717, 1.165) is 22.7 Å². The van der Waals surface area contributed by atoms with Crippen LogP contribution in [0.3, 0.4) is 0 Å². The lowest BCUT2D eigenvalue weighted by Gasteiger charge is -2.05. The summed E-state index contributed by atoms with van der Waals surface area (Å²) < 4.78 is 0. The molecule has 0 aliphatic heterocycles. The number of thiazole rings is 1. The van der Waals surface area contributed by atoms with Crippen molar-refractivity contribution in [3.05, 3.63) is 41.4 Å². The average molecular weight is 312 g/mol. The predicted molar refractivity (Wildman–Crippen MR) is 85.2 cm³/mol. The highest BCUT2D eigenvalue weighted by Gasteiger charge is 2.07. The molecule has 1 aromatic carbocycles. The normalized spacial score (nSPS) is 11.5. The Labute approximate surface area is 128 Å². The lowest BCUT2D eigenvalue weighted by molar-refractivity contribution is -0.121. The van der Waals surface area contributed by atoms with E-state index in [1.807, 2.05) is 35.7 Å². The van der Waals surface area contributed by atoms with Gasteiger partial charge in [0, 0.05) is 23.9 Å². The molecule has 1 heterocycles. The summed E-state index contributed by atoms with van der Waals surface area (Å²) in [7, 11) is 0. The molecule has 0 spiro atoms. The third-order valence-corrected chi connectivity index (χ3v) is 3.61. The second kappa shape index (κ2) is 7.99. The molecule has 0 aliphatic rings. The number of hydrogen-bond acceptors (Lipinski definition) is 4. The van der Waals surface area contributed by atoms with Crippen LogP contribution in [-0.2, 0) is 11.2 Å². The maximum Gasteiger partial charge on any atom is 0.236 e. The fraction of sp³-hybridized carbons (Fsp3) is 0.286. The number of aromatic nitrogens is 1. The number of amides is 1. The summed E-state index contributed by atoms with van der Waals surface area (Å²) in [6, 6.07) is 9.61. The summed E-state index contributed by atoms with van der Waals surface area (Å²) >= 11 is 1.62. The van der Waals surface area contributed by atoms with E-state index < -0.39 is 6.04 Å². The van der Waals surface area contributed by atoms with E-state index in [0.29, 0.717) is 6.54 Å². The Balaban J connectivity index is 0.00000200. The number of hydrogen-bond donors (Lipinski definition) is 2. The summed E-state index contributed by atoms with van der Waals surface area (Å²) in [6.45, 7) is 2.24. The number of carbonyl (C=O) groups is 1. The number of benzene rings is 1. The molecule has 0 radical (unpaired) electrons. The Hall–Kier alpha value is -1.43. The first-order valence-electron chi connectivity index (χ1n) is 6.20. The molecule has 4 nitrogen and oxygen atoms in total. The van der Waals surface area contributed by atoms with Gasteiger partial charge in [-0.25, -0.2) is 4.98 Å². The van der Waals surface area contributed by atoms with Gasteiger partial charge in [-0.15, -0.1) is 23.7 Å². The highest BCUT2D eigenvalue weighted by molar-refractivity contribution is 7.13. The zero-order valence-corrected chi connectivity index (χ0v) is 12.8. The van der Waals surface area contributed by atoms with Gasteiger partial charge in [0.2, 0.25) is 5.91 Å². The van der Waals surface area contributed by atoms with Crippen LogP contribution in [0, 0.1) is 0 Å². The Kier molecular flexibility index (Phi) is 6.64. The maximum absolute atomic E-state index is 11.3. The zero-order valence-electron chi connectivity index (χ0n) is 11.2. The molecule has 108 valence electrons. The van der Waals surface area contributed by atoms with Crippen LogP contribution < -0.4 is 11.1 Å². The van der Waals surface area contributed by atoms with Crippen molar-refractivity contribution >= 4 is 29.7 Å². The molecule has 1 amide bonds. The van der Waals surface area contributed by atoms with Crippen LogP contribution in [0.5, 0.6) is 0 Å². The van der Waals surface area contributed by atoms with Gasteiger partial charge < -0.3 is 11.1 Å². The third-order valence-electron chi connectivity index (χ3n) is 2.67. The second-order valence-corrected chi connectivity index (χ2v) is 5.20. The van der Waals surface area contributed by atoms with Gasteiger partial charge in [-0.1, -0.05) is 30.3 Å². The Morgan fingerprint density at radius 3 is 2.75 bits per heavy atom. The molecule has 1 atom stereocenters. The first-order chi connectivity index (χ1) is 9.16. The van der Waals surface area contributed by atoms with Crippen LogP contribution in [0.15, 0.2) is 35.7 Å². The van der Waals surface area contributed by atoms with Gasteiger partial charge in [-0.05, 0) is 6.92 Å². The minimum atomic E-state index is -0.463. The summed E-state index contributed by atoms with van der Waals surface area (Å²) in [5.41, 5.74) is 7.59. The lowest BCUT2D eigenvalue weighted by Crippen LogP contribution is -2.39. The molecule has 0 saturated heterocycles. The summed E-state index contributed by atoms with van der Waals surface area (Å²) in [6.07, 6.45) is 0.724. The largest absolute Gasteiger partial charge is 0.354 e. The lowest BCUT2D eigenvalue weighted by atomic mass is 10.2. The van der Waals surface area contributed by atoms with Crippen LogP contribution >= 0.6 is 23.7 Å². The topological polar surface area (TPSA) is 68.0 Å². The smallest absolute Gasteiger partial charge is 0.236 e. The van der Waals surface area contributed by atoms with Crippen molar-refractivity contribution in [2.45, 2.75) is 19.4 Å². The number of nitrogens with zero attached hydrogens (tertiary/aromatic N) is 1. The van der Waals surface area contributed by atoms with Crippen LogP contribution in [-0.4, -0.2) is 23.5 Å². The Morgan fingerprint density at radius 1 is 1.40 bits per heavy atom. The standard InChI is InChI=1S/C14H17N3OS.ClH/c1-10(15)13(18)16-8-7-12-9-19-14(17-12)11-5-3-2-4-6-11;/h2-6,9-10H,7-8,15H2,1H3,(H,16,18);1H/t10-;/m0./s1. The minimum absolute atomic E-state index is 0. The number of rotatable bonds is 5. The highest BCUT2D eigenvalue weighted by Crippen LogP contribution is 2.23. The second-order valence-electron chi connectivity index (χ2n) is 4.34. The van der Waals surface area contributed by atoms with Crippen molar-refractivity contribution in [3.8, 4) is 10.6 Å². The van der Waals surface area contributed by atoms with Crippen molar-refractivity contribution in [1.29, 1.82) is 0 Å². The molecule has 20 heavy (non-hydrogen) atoms. The molecule has 3 N–H and O–H groups in total. The molecule has 0 fully saturated rings. The van der Waals surface area contributed by atoms with E-state index in [1.54, 1.807) is 18.3 Å². The van der Waals surface area contributed by atoms with Gasteiger partial charge >= 0.3 is 0 Å². The van der Waals surface area contributed by atoms with Gasteiger partial charge in [0.1, 0.15) is 5.01 Å². The third kappa shape index (κ3) is 4.59. The van der Waals surface area contributed by atoms with Gasteiger partial charge in [0.25, 0.3) is 0 Å². The number of carbonyl (C=O) groups excluding carboxylic acids is 1. The molecule has 0 bridgehead atoms. The van der Waals surface area contributed by atoms with E-state index in [2.05, 4.69) is 10.3 Å². The van der Waals surface area contributed by atoms with E-state index in [1.165, 1.54) is 0 Å². The summed E-state index contributed by atoms with van der Waals surface area (Å²) in [4.78, 5) is 15.9. The van der Waals surface area contributed by atoms with E-state index >= 15 is 0 Å². The molecule has 2 rings (SSSR count). The maximum atomic E-state index is 11.3. The number of nitrogens with one attached hydrogen (secondary N) is 1. The van der Waals surface area contributed by atoms with E-state index in [9.17, 15) is 4.79 Å². The first kappa shape index (κ1) is 16.6. The van der Waals surface area contributed by atoms with Crippen molar-refractivity contribution in [3.63, 3.8) is 0 Å².